The van der Waals surface area contributed by atoms with Crippen molar-refractivity contribution in [3.8, 4) is 0 Å². The highest BCUT2D eigenvalue weighted by atomic mass is 35.5. The van der Waals surface area contributed by atoms with Crippen molar-refractivity contribution >= 4 is 52.2 Å². The van der Waals surface area contributed by atoms with E-state index in [4.69, 9.17) is 55.9 Å². The molecular weight excluding hydrogens is 334 g/mol. The van der Waals surface area contributed by atoms with Crippen molar-refractivity contribution in [3.63, 3.8) is 0 Å². The SMILES string of the molecule is COC1(OC)[C@@]2(Cl)C(Cl)=C(Cl)[C@]1(Cl)[C@@H]1C(=O)CC[C@@H]12. The summed E-state index contributed by atoms with van der Waals surface area (Å²) < 4.78 is 11.0. The van der Waals surface area contributed by atoms with Crippen LogP contribution in [0.5, 0.6) is 0 Å². The molecule has 19 heavy (non-hydrogen) atoms. The lowest BCUT2D eigenvalue weighted by Gasteiger charge is -2.41. The summed E-state index contributed by atoms with van der Waals surface area (Å²) in [5.74, 6) is -2.15. The Balaban J connectivity index is 2.33. The van der Waals surface area contributed by atoms with Gasteiger partial charge in [0.05, 0.1) is 16.0 Å². The van der Waals surface area contributed by atoms with Crippen molar-refractivity contribution in [1.82, 2.24) is 0 Å². The highest BCUT2D eigenvalue weighted by Crippen LogP contribution is 2.76. The highest BCUT2D eigenvalue weighted by molar-refractivity contribution is 6.52. The number of rotatable bonds is 2. The van der Waals surface area contributed by atoms with Crippen molar-refractivity contribution in [2.75, 3.05) is 14.2 Å². The molecule has 0 aliphatic heterocycles. The quantitative estimate of drug-likeness (QED) is 0.569. The molecule has 0 saturated heterocycles. The van der Waals surface area contributed by atoms with Crippen molar-refractivity contribution in [3.05, 3.63) is 10.1 Å². The molecule has 0 heterocycles. The topological polar surface area (TPSA) is 35.5 Å². The first kappa shape index (κ1) is 14.4. The molecule has 0 unspecified atom stereocenters. The predicted molar refractivity (Wildman–Crippen MR) is 73.9 cm³/mol. The number of hydrogen-bond acceptors (Lipinski definition) is 3. The lowest BCUT2D eigenvalue weighted by Crippen LogP contribution is -2.58. The van der Waals surface area contributed by atoms with Crippen LogP contribution in [0.3, 0.4) is 0 Å². The van der Waals surface area contributed by atoms with E-state index in [0.717, 1.165) is 0 Å². The fourth-order valence-corrected chi connectivity index (χ4v) is 6.32. The van der Waals surface area contributed by atoms with Crippen LogP contribution in [-0.2, 0) is 14.3 Å². The van der Waals surface area contributed by atoms with Crippen LogP contribution in [0.15, 0.2) is 10.1 Å². The Morgan fingerprint density at radius 2 is 1.63 bits per heavy atom. The summed E-state index contributed by atoms with van der Waals surface area (Å²) in [7, 11) is 2.87. The molecule has 0 aromatic carbocycles. The number of halogens is 4. The van der Waals surface area contributed by atoms with Gasteiger partial charge in [-0.2, -0.15) is 0 Å². The number of methoxy groups -OCH3 is 2. The molecule has 2 saturated carbocycles. The van der Waals surface area contributed by atoms with E-state index in [1.165, 1.54) is 14.2 Å². The van der Waals surface area contributed by atoms with Crippen LogP contribution in [0.1, 0.15) is 12.8 Å². The molecule has 0 aromatic heterocycles. The number of hydrogen-bond donors (Lipinski definition) is 0. The van der Waals surface area contributed by atoms with E-state index in [9.17, 15) is 4.79 Å². The fraction of sp³-hybridized carbons (Fsp3) is 0.750. The smallest absolute Gasteiger partial charge is 0.218 e. The third-order valence-corrected chi connectivity index (χ3v) is 7.41. The van der Waals surface area contributed by atoms with Crippen molar-refractivity contribution < 1.29 is 14.3 Å². The molecule has 0 spiro atoms. The Morgan fingerprint density at radius 3 is 2.16 bits per heavy atom. The Bertz CT molecular complexity index is 501. The average molecular weight is 346 g/mol. The Morgan fingerprint density at radius 1 is 1.11 bits per heavy atom. The molecule has 3 aliphatic carbocycles. The molecule has 7 heteroatoms. The second kappa shape index (κ2) is 4.02. The van der Waals surface area contributed by atoms with Gasteiger partial charge >= 0.3 is 0 Å². The van der Waals surface area contributed by atoms with Crippen LogP contribution in [0, 0.1) is 11.8 Å². The Kier molecular flexibility index (Phi) is 3.06. The first-order chi connectivity index (χ1) is 8.82. The van der Waals surface area contributed by atoms with Crippen LogP contribution in [-0.4, -0.2) is 35.5 Å². The van der Waals surface area contributed by atoms with Gasteiger partial charge in [0.15, 0.2) is 0 Å². The number of ether oxygens (including phenoxy) is 2. The number of alkyl halides is 2. The maximum atomic E-state index is 12.2. The second-order valence-electron chi connectivity index (χ2n) is 5.17. The van der Waals surface area contributed by atoms with E-state index in [1.807, 2.05) is 0 Å². The third-order valence-electron chi connectivity index (χ3n) is 4.75. The van der Waals surface area contributed by atoms with Gasteiger partial charge in [0.25, 0.3) is 0 Å². The summed E-state index contributed by atoms with van der Waals surface area (Å²) in [6, 6.07) is 0. The minimum Gasteiger partial charge on any atom is -0.350 e. The molecule has 2 fully saturated rings. The molecule has 0 radical (unpaired) electrons. The zero-order chi connectivity index (χ0) is 14.2. The van der Waals surface area contributed by atoms with Gasteiger partial charge in [-0.3, -0.25) is 4.79 Å². The van der Waals surface area contributed by atoms with E-state index in [-0.39, 0.29) is 21.8 Å². The number of ketones is 1. The zero-order valence-corrected chi connectivity index (χ0v) is 13.3. The maximum absolute atomic E-state index is 12.2. The minimum atomic E-state index is -1.43. The first-order valence-electron chi connectivity index (χ1n) is 5.90. The molecule has 0 N–H and O–H groups in total. The highest BCUT2D eigenvalue weighted by Gasteiger charge is 2.86. The van der Waals surface area contributed by atoms with Crippen LogP contribution in [0.2, 0.25) is 0 Å². The van der Waals surface area contributed by atoms with Crippen LogP contribution in [0.25, 0.3) is 0 Å². The van der Waals surface area contributed by atoms with Crippen molar-refractivity contribution in [1.29, 1.82) is 0 Å². The van der Waals surface area contributed by atoms with Gasteiger partial charge in [0.2, 0.25) is 5.79 Å². The number of carbonyl (C=O) groups is 1. The number of carbonyl (C=O) groups excluding carboxylic acids is 1. The molecular formula is C12H12Cl4O3. The Labute approximate surface area is 131 Å². The summed E-state index contributed by atoms with van der Waals surface area (Å²) >= 11 is 26.1. The van der Waals surface area contributed by atoms with Gasteiger partial charge < -0.3 is 9.47 Å². The maximum Gasteiger partial charge on any atom is 0.218 e. The first-order valence-corrected chi connectivity index (χ1v) is 7.41. The number of Topliss-reactive ketones (excluding diaryl/α,β-unsaturated/α-hetero) is 1. The van der Waals surface area contributed by atoms with Gasteiger partial charge in [0.1, 0.15) is 15.5 Å². The normalized spacial score (nSPS) is 47.2. The standard InChI is InChI=1S/C12H12Cl4O3/c1-18-12(19-2)10(15)5-3-4-6(17)7(5)11(12,16)9(14)8(10)13/h5,7H,3-4H2,1-2H3/t5-,7-,10-,11+/m0/s1. The fourth-order valence-electron chi connectivity index (χ4n) is 4.07. The lowest BCUT2D eigenvalue weighted by atomic mass is 9.84. The molecule has 0 aromatic rings. The predicted octanol–water partition coefficient (Wildman–Crippen LogP) is 3.24. The molecule has 2 bridgehead atoms. The number of fused-ring (bicyclic) bond motifs is 5. The molecule has 4 atom stereocenters. The zero-order valence-electron chi connectivity index (χ0n) is 10.3. The van der Waals surface area contributed by atoms with E-state index in [2.05, 4.69) is 0 Å². The van der Waals surface area contributed by atoms with Gasteiger partial charge in [-0.05, 0) is 6.42 Å². The monoisotopic (exact) mass is 344 g/mol. The summed E-state index contributed by atoms with van der Waals surface area (Å²) in [5, 5.41) is 0.386. The molecule has 3 rings (SSSR count). The van der Waals surface area contributed by atoms with E-state index >= 15 is 0 Å². The molecule has 3 nitrogen and oxygen atoms in total. The van der Waals surface area contributed by atoms with Crippen molar-refractivity contribution in [2.24, 2.45) is 11.8 Å². The van der Waals surface area contributed by atoms with Crippen LogP contribution in [0.4, 0.5) is 0 Å². The van der Waals surface area contributed by atoms with Gasteiger partial charge in [-0.15, -0.1) is 23.2 Å². The van der Waals surface area contributed by atoms with Gasteiger partial charge in [-0.1, -0.05) is 23.2 Å². The molecule has 106 valence electrons. The summed E-state index contributed by atoms with van der Waals surface area (Å²) in [5.41, 5.74) is 0. The van der Waals surface area contributed by atoms with Gasteiger partial charge in [0, 0.05) is 26.6 Å². The minimum absolute atomic E-state index is 0.0308. The van der Waals surface area contributed by atoms with E-state index in [1.54, 1.807) is 0 Å². The Hall–Kier alpha value is 0.490. The molecule has 3 aliphatic rings. The third kappa shape index (κ3) is 1.17. The van der Waals surface area contributed by atoms with Crippen LogP contribution < -0.4 is 0 Å². The summed E-state index contributed by atoms with van der Waals surface area (Å²) in [4.78, 5) is 9.62. The second-order valence-corrected chi connectivity index (χ2v) is 7.11. The lowest BCUT2D eigenvalue weighted by molar-refractivity contribution is -0.221. The van der Waals surface area contributed by atoms with Gasteiger partial charge in [-0.25, -0.2) is 0 Å². The summed E-state index contributed by atoms with van der Waals surface area (Å²) in [6.45, 7) is 0. The average Bonchev–Trinajstić information content (AvgIpc) is 2.90. The molecule has 0 amide bonds. The van der Waals surface area contributed by atoms with E-state index < -0.39 is 21.5 Å². The van der Waals surface area contributed by atoms with Crippen LogP contribution >= 0.6 is 46.4 Å². The largest absolute Gasteiger partial charge is 0.350 e. The summed E-state index contributed by atoms with van der Waals surface area (Å²) in [6.07, 6.45) is 1.03. The van der Waals surface area contributed by atoms with E-state index in [0.29, 0.717) is 12.8 Å². The van der Waals surface area contributed by atoms with Crippen molar-refractivity contribution in [2.45, 2.75) is 28.4 Å².